The highest BCUT2D eigenvalue weighted by Crippen LogP contribution is 2.30. The highest BCUT2D eigenvalue weighted by molar-refractivity contribution is 6.30. The summed E-state index contributed by atoms with van der Waals surface area (Å²) in [5.74, 6) is -0.238. The summed E-state index contributed by atoms with van der Waals surface area (Å²) in [7, 11) is 0. The van der Waals surface area contributed by atoms with Crippen LogP contribution >= 0.6 is 11.6 Å². The van der Waals surface area contributed by atoms with E-state index in [0.717, 1.165) is 19.4 Å². The molecule has 0 aromatic heterocycles. The Morgan fingerprint density at radius 3 is 2.95 bits per heavy atom. The van der Waals surface area contributed by atoms with E-state index >= 15 is 0 Å². The van der Waals surface area contributed by atoms with Gasteiger partial charge in [0.15, 0.2) is 0 Å². The van der Waals surface area contributed by atoms with Gasteiger partial charge in [-0.2, -0.15) is 0 Å². The van der Waals surface area contributed by atoms with Gasteiger partial charge in [0.1, 0.15) is 5.54 Å². The second-order valence-electron chi connectivity index (χ2n) is 5.95. The molecule has 5 nitrogen and oxygen atoms in total. The molecule has 22 heavy (non-hydrogen) atoms. The Balaban J connectivity index is 1.75. The van der Waals surface area contributed by atoms with Crippen LogP contribution in [0.4, 0.5) is 4.79 Å². The molecule has 2 aliphatic heterocycles. The number of halogens is 1. The summed E-state index contributed by atoms with van der Waals surface area (Å²) < 4.78 is 5.55. The normalized spacial score (nSPS) is 28.3. The number of urea groups is 1. The fourth-order valence-electron chi connectivity index (χ4n) is 3.04. The van der Waals surface area contributed by atoms with Crippen LogP contribution in [-0.2, 0) is 15.1 Å². The van der Waals surface area contributed by atoms with Gasteiger partial charge >= 0.3 is 6.03 Å². The van der Waals surface area contributed by atoms with Gasteiger partial charge in [0.05, 0.1) is 6.10 Å². The fourth-order valence-corrected chi connectivity index (χ4v) is 3.23. The Kier molecular flexibility index (Phi) is 4.10. The van der Waals surface area contributed by atoms with E-state index in [4.69, 9.17) is 16.3 Å². The van der Waals surface area contributed by atoms with Gasteiger partial charge in [-0.25, -0.2) is 4.79 Å². The first-order valence-electron chi connectivity index (χ1n) is 7.52. The van der Waals surface area contributed by atoms with E-state index in [1.54, 1.807) is 31.2 Å². The number of imide groups is 1. The molecule has 0 unspecified atom stereocenters. The summed E-state index contributed by atoms with van der Waals surface area (Å²) in [4.78, 5) is 26.2. The standard InChI is InChI=1S/C16H19ClN2O3/c1-16(11-4-2-5-12(17)10-11)14(20)19(15(21)18-16)8-7-13-6-3-9-22-13/h2,4-5,10,13H,3,6-9H2,1H3,(H,18,21)/t13-,16-/m1/s1. The fraction of sp³-hybridized carbons (Fsp3) is 0.500. The quantitative estimate of drug-likeness (QED) is 0.867. The third kappa shape index (κ3) is 2.71. The van der Waals surface area contributed by atoms with Gasteiger partial charge in [-0.3, -0.25) is 9.69 Å². The van der Waals surface area contributed by atoms with Crippen molar-refractivity contribution in [3.05, 3.63) is 34.9 Å². The van der Waals surface area contributed by atoms with E-state index in [1.165, 1.54) is 4.90 Å². The summed E-state index contributed by atoms with van der Waals surface area (Å²) in [6.07, 6.45) is 2.88. The van der Waals surface area contributed by atoms with E-state index in [-0.39, 0.29) is 18.0 Å². The van der Waals surface area contributed by atoms with Gasteiger partial charge in [-0.05, 0) is 43.9 Å². The maximum absolute atomic E-state index is 12.7. The molecule has 6 heteroatoms. The van der Waals surface area contributed by atoms with Gasteiger partial charge in [0, 0.05) is 18.2 Å². The molecular weight excluding hydrogens is 304 g/mol. The number of hydrogen-bond acceptors (Lipinski definition) is 3. The Labute approximate surface area is 134 Å². The van der Waals surface area contributed by atoms with Gasteiger partial charge < -0.3 is 10.1 Å². The number of ether oxygens (including phenoxy) is 1. The smallest absolute Gasteiger partial charge is 0.325 e. The third-order valence-electron chi connectivity index (χ3n) is 4.38. The SMILES string of the molecule is C[C@]1(c2cccc(Cl)c2)NC(=O)N(CC[C@H]2CCCO2)C1=O. The Morgan fingerprint density at radius 2 is 2.27 bits per heavy atom. The summed E-state index contributed by atoms with van der Waals surface area (Å²) >= 11 is 6.00. The van der Waals surface area contributed by atoms with Crippen molar-refractivity contribution in [3.8, 4) is 0 Å². The van der Waals surface area contributed by atoms with Crippen molar-refractivity contribution >= 4 is 23.5 Å². The van der Waals surface area contributed by atoms with Crippen LogP contribution in [0.3, 0.4) is 0 Å². The van der Waals surface area contributed by atoms with E-state index in [9.17, 15) is 9.59 Å². The minimum atomic E-state index is -1.06. The molecule has 2 heterocycles. The molecule has 3 rings (SSSR count). The average Bonchev–Trinajstić information content (AvgIpc) is 3.06. The van der Waals surface area contributed by atoms with Crippen LogP contribution in [0.25, 0.3) is 0 Å². The molecule has 2 fully saturated rings. The van der Waals surface area contributed by atoms with Gasteiger partial charge in [0.2, 0.25) is 0 Å². The molecule has 1 aromatic carbocycles. The molecule has 1 N–H and O–H groups in total. The van der Waals surface area contributed by atoms with Crippen LogP contribution in [-0.4, -0.2) is 36.1 Å². The zero-order chi connectivity index (χ0) is 15.7. The van der Waals surface area contributed by atoms with Crippen molar-refractivity contribution in [2.75, 3.05) is 13.2 Å². The van der Waals surface area contributed by atoms with Crippen molar-refractivity contribution in [1.82, 2.24) is 10.2 Å². The van der Waals surface area contributed by atoms with Crippen LogP contribution in [0.1, 0.15) is 31.7 Å². The van der Waals surface area contributed by atoms with Crippen molar-refractivity contribution in [2.45, 2.75) is 37.8 Å². The lowest BCUT2D eigenvalue weighted by atomic mass is 9.92. The first-order valence-corrected chi connectivity index (χ1v) is 7.90. The molecule has 1 aromatic rings. The number of benzene rings is 1. The molecule has 0 aliphatic carbocycles. The topological polar surface area (TPSA) is 58.6 Å². The molecule has 2 atom stereocenters. The van der Waals surface area contributed by atoms with Gasteiger partial charge in [-0.1, -0.05) is 23.7 Å². The number of rotatable bonds is 4. The molecule has 3 amide bonds. The zero-order valence-electron chi connectivity index (χ0n) is 12.5. The van der Waals surface area contributed by atoms with E-state index in [2.05, 4.69) is 5.32 Å². The van der Waals surface area contributed by atoms with E-state index < -0.39 is 5.54 Å². The maximum atomic E-state index is 12.7. The van der Waals surface area contributed by atoms with Crippen molar-refractivity contribution in [3.63, 3.8) is 0 Å². The number of carbonyl (C=O) groups excluding carboxylic acids is 2. The largest absolute Gasteiger partial charge is 0.378 e. The maximum Gasteiger partial charge on any atom is 0.325 e. The van der Waals surface area contributed by atoms with Crippen LogP contribution in [0, 0.1) is 0 Å². The molecule has 2 aliphatic rings. The van der Waals surface area contributed by atoms with E-state index in [1.807, 2.05) is 0 Å². The molecule has 0 spiro atoms. The van der Waals surface area contributed by atoms with Crippen LogP contribution in [0.5, 0.6) is 0 Å². The highest BCUT2D eigenvalue weighted by atomic mass is 35.5. The molecule has 118 valence electrons. The first kappa shape index (κ1) is 15.3. The van der Waals surface area contributed by atoms with Crippen molar-refractivity contribution in [1.29, 1.82) is 0 Å². The second-order valence-corrected chi connectivity index (χ2v) is 6.38. The van der Waals surface area contributed by atoms with Crippen LogP contribution in [0.15, 0.2) is 24.3 Å². The van der Waals surface area contributed by atoms with Crippen molar-refractivity contribution < 1.29 is 14.3 Å². The molecule has 0 radical (unpaired) electrons. The van der Waals surface area contributed by atoms with Crippen molar-refractivity contribution in [2.24, 2.45) is 0 Å². The first-order chi connectivity index (χ1) is 10.5. The van der Waals surface area contributed by atoms with Crippen LogP contribution < -0.4 is 5.32 Å². The number of nitrogens with one attached hydrogen (secondary N) is 1. The highest BCUT2D eigenvalue weighted by Gasteiger charge is 2.48. The second kappa shape index (κ2) is 5.89. The minimum Gasteiger partial charge on any atom is -0.378 e. The Morgan fingerprint density at radius 1 is 1.45 bits per heavy atom. The molecule has 2 saturated heterocycles. The number of carbonyl (C=O) groups is 2. The Hall–Kier alpha value is -1.59. The predicted molar refractivity (Wildman–Crippen MR) is 82.6 cm³/mol. The lowest BCUT2D eigenvalue weighted by Gasteiger charge is -2.22. The zero-order valence-corrected chi connectivity index (χ0v) is 13.2. The number of amides is 3. The summed E-state index contributed by atoms with van der Waals surface area (Å²) in [5.41, 5.74) is -0.364. The van der Waals surface area contributed by atoms with Gasteiger partial charge in [-0.15, -0.1) is 0 Å². The molecular formula is C16H19ClN2O3. The average molecular weight is 323 g/mol. The number of hydrogen-bond donors (Lipinski definition) is 1. The number of nitrogens with zero attached hydrogens (tertiary/aromatic N) is 1. The lowest BCUT2D eigenvalue weighted by molar-refractivity contribution is -0.131. The summed E-state index contributed by atoms with van der Waals surface area (Å²) in [6.45, 7) is 2.86. The third-order valence-corrected chi connectivity index (χ3v) is 4.61. The van der Waals surface area contributed by atoms with E-state index in [0.29, 0.717) is 23.6 Å². The summed E-state index contributed by atoms with van der Waals surface area (Å²) in [5, 5.41) is 3.33. The lowest BCUT2D eigenvalue weighted by Crippen LogP contribution is -2.41. The minimum absolute atomic E-state index is 0.152. The summed E-state index contributed by atoms with van der Waals surface area (Å²) in [6, 6.07) is 6.67. The molecule has 0 bridgehead atoms. The van der Waals surface area contributed by atoms with Gasteiger partial charge in [0.25, 0.3) is 5.91 Å². The predicted octanol–water partition coefficient (Wildman–Crippen LogP) is 2.68. The molecule has 0 saturated carbocycles. The monoisotopic (exact) mass is 322 g/mol. The Bertz CT molecular complexity index is 601. The van der Waals surface area contributed by atoms with Crippen LogP contribution in [0.2, 0.25) is 5.02 Å².